The molecule has 1 aliphatic rings. The van der Waals surface area contributed by atoms with Crippen molar-refractivity contribution in [2.45, 2.75) is 26.2 Å². The number of carbonyl (C=O) groups excluding carboxylic acids is 2. The van der Waals surface area contributed by atoms with Gasteiger partial charge in [-0.2, -0.15) is 0 Å². The molecule has 1 heterocycles. The van der Waals surface area contributed by atoms with Gasteiger partial charge in [-0.25, -0.2) is 0 Å². The zero-order valence-electron chi connectivity index (χ0n) is 15.1. The summed E-state index contributed by atoms with van der Waals surface area (Å²) in [5.41, 5.74) is 3.50. The molecule has 0 bridgehead atoms. The summed E-state index contributed by atoms with van der Waals surface area (Å²) in [7, 11) is 0. The van der Waals surface area contributed by atoms with Gasteiger partial charge in [-0.05, 0) is 62.6 Å². The van der Waals surface area contributed by atoms with Crippen LogP contribution in [-0.4, -0.2) is 31.4 Å². The average Bonchev–Trinajstić information content (AvgIpc) is 2.67. The highest BCUT2D eigenvalue weighted by Crippen LogP contribution is 2.21. The van der Waals surface area contributed by atoms with Crippen LogP contribution in [0.3, 0.4) is 0 Å². The van der Waals surface area contributed by atoms with E-state index in [2.05, 4.69) is 15.5 Å². The molecular weight excluding hydrogens is 326 g/mol. The summed E-state index contributed by atoms with van der Waals surface area (Å²) in [6.07, 6.45) is 3.77. The fraction of sp³-hybridized carbons (Fsp3) is 0.333. The van der Waals surface area contributed by atoms with Gasteiger partial charge in [0.05, 0.1) is 6.54 Å². The lowest BCUT2D eigenvalue weighted by molar-refractivity contribution is -0.115. The van der Waals surface area contributed by atoms with Gasteiger partial charge in [-0.15, -0.1) is 0 Å². The van der Waals surface area contributed by atoms with E-state index < -0.39 is 0 Å². The van der Waals surface area contributed by atoms with Crippen molar-refractivity contribution in [1.29, 1.82) is 0 Å². The molecule has 0 radical (unpaired) electrons. The minimum absolute atomic E-state index is 0.0549. The Bertz CT molecular complexity index is 765. The Morgan fingerprint density at radius 3 is 2.42 bits per heavy atom. The molecule has 5 nitrogen and oxygen atoms in total. The van der Waals surface area contributed by atoms with Crippen molar-refractivity contribution in [2.24, 2.45) is 0 Å². The van der Waals surface area contributed by atoms with Gasteiger partial charge < -0.3 is 15.5 Å². The highest BCUT2D eigenvalue weighted by atomic mass is 16.2. The van der Waals surface area contributed by atoms with Crippen molar-refractivity contribution in [3.05, 3.63) is 59.7 Å². The second kappa shape index (κ2) is 8.52. The summed E-state index contributed by atoms with van der Waals surface area (Å²) >= 11 is 0. The first-order chi connectivity index (χ1) is 12.6. The van der Waals surface area contributed by atoms with E-state index in [1.807, 2.05) is 43.3 Å². The van der Waals surface area contributed by atoms with Gasteiger partial charge in [-0.3, -0.25) is 9.59 Å². The molecule has 0 unspecified atom stereocenters. The number of hydrogen-bond donors (Lipinski definition) is 2. The summed E-state index contributed by atoms with van der Waals surface area (Å²) in [4.78, 5) is 26.5. The number of aryl methyl sites for hydroxylation is 1. The van der Waals surface area contributed by atoms with Crippen molar-refractivity contribution in [1.82, 2.24) is 5.32 Å². The van der Waals surface area contributed by atoms with Gasteiger partial charge in [0, 0.05) is 30.0 Å². The third kappa shape index (κ3) is 4.85. The molecule has 2 N–H and O–H groups in total. The molecule has 0 atom stereocenters. The normalized spacial score (nSPS) is 14.0. The molecule has 1 saturated heterocycles. The SMILES string of the molecule is Cc1cccc(C(=O)NCC(=O)Nc2ccc(N3CCCCC3)cc2)c1. The van der Waals surface area contributed by atoms with Gasteiger partial charge in [-0.1, -0.05) is 17.7 Å². The van der Waals surface area contributed by atoms with Gasteiger partial charge in [0.1, 0.15) is 0 Å². The topological polar surface area (TPSA) is 61.4 Å². The molecule has 0 aliphatic carbocycles. The average molecular weight is 351 g/mol. The van der Waals surface area contributed by atoms with Crippen molar-refractivity contribution in [3.8, 4) is 0 Å². The summed E-state index contributed by atoms with van der Waals surface area (Å²) in [5, 5.41) is 5.47. The van der Waals surface area contributed by atoms with Crippen LogP contribution in [0.25, 0.3) is 0 Å². The zero-order valence-corrected chi connectivity index (χ0v) is 15.1. The van der Waals surface area contributed by atoms with Crippen molar-refractivity contribution >= 4 is 23.2 Å². The molecule has 2 aromatic carbocycles. The minimum atomic E-state index is -0.246. The van der Waals surface area contributed by atoms with E-state index in [9.17, 15) is 9.59 Å². The summed E-state index contributed by atoms with van der Waals surface area (Å²) in [5.74, 6) is -0.485. The smallest absolute Gasteiger partial charge is 0.251 e. The van der Waals surface area contributed by atoms with E-state index in [0.717, 1.165) is 24.3 Å². The fourth-order valence-corrected chi connectivity index (χ4v) is 3.16. The van der Waals surface area contributed by atoms with E-state index >= 15 is 0 Å². The van der Waals surface area contributed by atoms with Gasteiger partial charge >= 0.3 is 0 Å². The van der Waals surface area contributed by atoms with E-state index in [1.54, 1.807) is 12.1 Å². The van der Waals surface area contributed by atoms with Crippen molar-refractivity contribution in [2.75, 3.05) is 29.9 Å². The quantitative estimate of drug-likeness (QED) is 0.868. The Kier molecular flexibility index (Phi) is 5.89. The molecule has 0 aromatic heterocycles. The second-order valence-corrected chi connectivity index (χ2v) is 6.69. The Morgan fingerprint density at radius 2 is 1.73 bits per heavy atom. The molecule has 26 heavy (non-hydrogen) atoms. The molecule has 136 valence electrons. The van der Waals surface area contributed by atoms with E-state index in [-0.39, 0.29) is 18.4 Å². The maximum absolute atomic E-state index is 12.1. The molecule has 2 aromatic rings. The van der Waals surface area contributed by atoms with Gasteiger partial charge in [0.15, 0.2) is 0 Å². The van der Waals surface area contributed by atoms with Gasteiger partial charge in [0.2, 0.25) is 5.91 Å². The van der Waals surface area contributed by atoms with Crippen LogP contribution in [0.15, 0.2) is 48.5 Å². The van der Waals surface area contributed by atoms with Crippen LogP contribution in [0.1, 0.15) is 35.2 Å². The number of rotatable bonds is 5. The van der Waals surface area contributed by atoms with Crippen molar-refractivity contribution < 1.29 is 9.59 Å². The Morgan fingerprint density at radius 1 is 1.00 bits per heavy atom. The number of nitrogens with one attached hydrogen (secondary N) is 2. The van der Waals surface area contributed by atoms with Crippen LogP contribution < -0.4 is 15.5 Å². The minimum Gasteiger partial charge on any atom is -0.372 e. The highest BCUT2D eigenvalue weighted by Gasteiger charge is 2.11. The first kappa shape index (κ1) is 18.0. The number of anilines is 2. The summed E-state index contributed by atoms with van der Waals surface area (Å²) < 4.78 is 0. The molecule has 3 rings (SSSR count). The lowest BCUT2D eigenvalue weighted by atomic mass is 10.1. The molecule has 5 heteroatoms. The van der Waals surface area contributed by atoms with E-state index in [1.165, 1.54) is 24.9 Å². The van der Waals surface area contributed by atoms with Gasteiger partial charge in [0.25, 0.3) is 5.91 Å². The predicted octanol–water partition coefficient (Wildman–Crippen LogP) is 3.35. The molecular formula is C21H25N3O2. The largest absolute Gasteiger partial charge is 0.372 e. The van der Waals surface area contributed by atoms with Crippen LogP contribution in [0, 0.1) is 6.92 Å². The number of benzene rings is 2. The monoisotopic (exact) mass is 351 g/mol. The van der Waals surface area contributed by atoms with Crippen LogP contribution >= 0.6 is 0 Å². The van der Waals surface area contributed by atoms with Crippen molar-refractivity contribution in [3.63, 3.8) is 0 Å². The fourth-order valence-electron chi connectivity index (χ4n) is 3.16. The Balaban J connectivity index is 1.49. The number of amides is 2. The highest BCUT2D eigenvalue weighted by molar-refractivity contribution is 5.99. The van der Waals surface area contributed by atoms with Crippen LogP contribution in [-0.2, 0) is 4.79 Å². The molecule has 0 spiro atoms. The van der Waals surface area contributed by atoms with Crippen LogP contribution in [0.4, 0.5) is 11.4 Å². The van der Waals surface area contributed by atoms with Crippen LogP contribution in [0.2, 0.25) is 0 Å². The first-order valence-corrected chi connectivity index (χ1v) is 9.11. The predicted molar refractivity (Wildman–Crippen MR) is 105 cm³/mol. The molecule has 2 amide bonds. The third-order valence-electron chi connectivity index (χ3n) is 4.56. The first-order valence-electron chi connectivity index (χ1n) is 9.11. The maximum atomic E-state index is 12.1. The summed E-state index contributed by atoms with van der Waals surface area (Å²) in [6.45, 7) is 4.06. The summed E-state index contributed by atoms with van der Waals surface area (Å²) in [6, 6.07) is 15.2. The molecule has 1 fully saturated rings. The maximum Gasteiger partial charge on any atom is 0.251 e. The Labute approximate surface area is 154 Å². The molecule has 0 saturated carbocycles. The van der Waals surface area contributed by atoms with E-state index in [4.69, 9.17) is 0 Å². The molecule has 1 aliphatic heterocycles. The number of carbonyl (C=O) groups is 2. The van der Waals surface area contributed by atoms with E-state index in [0.29, 0.717) is 5.56 Å². The number of hydrogen-bond acceptors (Lipinski definition) is 3. The lowest BCUT2D eigenvalue weighted by Gasteiger charge is -2.28. The number of nitrogens with zero attached hydrogens (tertiary/aromatic N) is 1. The standard InChI is InChI=1S/C21H25N3O2/c1-16-6-5-7-17(14-16)21(26)22-15-20(25)23-18-8-10-19(11-9-18)24-12-3-2-4-13-24/h5-11,14H,2-4,12-13,15H2,1H3,(H,22,26)(H,23,25). The second-order valence-electron chi connectivity index (χ2n) is 6.69. The van der Waals surface area contributed by atoms with Crippen LogP contribution in [0.5, 0.6) is 0 Å². The lowest BCUT2D eigenvalue weighted by Crippen LogP contribution is -2.33. The zero-order chi connectivity index (χ0) is 18.4. The Hall–Kier alpha value is -2.82. The third-order valence-corrected chi connectivity index (χ3v) is 4.56. The number of piperidine rings is 1.